The Morgan fingerprint density at radius 3 is 1.91 bits per heavy atom. The van der Waals surface area contributed by atoms with Gasteiger partial charge in [0, 0.05) is 5.56 Å². The average molecular weight is 540 g/mol. The minimum Gasteiger partial charge on any atom is -0.518 e. The predicted molar refractivity (Wildman–Crippen MR) is 144 cm³/mol. The zero-order chi connectivity index (χ0) is 26.2. The maximum atomic E-state index is 13.3. The molecule has 0 fully saturated rings. The van der Waals surface area contributed by atoms with Gasteiger partial charge in [-0.15, -0.1) is 0 Å². The number of hydrogen-bond donors (Lipinski definition) is 0. The van der Waals surface area contributed by atoms with E-state index in [-0.39, 0.29) is 11.3 Å². The van der Waals surface area contributed by atoms with E-state index in [1.54, 1.807) is 0 Å². The van der Waals surface area contributed by atoms with Gasteiger partial charge in [0.05, 0.1) is 11.2 Å². The maximum Gasteiger partial charge on any atom is 0.416 e. The number of oxazole rings is 1. The number of hydrogen-bond acceptors (Lipinski definition) is 4. The van der Waals surface area contributed by atoms with Crippen molar-refractivity contribution in [2.75, 3.05) is 0 Å². The molecule has 3 nitrogen and oxygen atoms in total. The largest absolute Gasteiger partial charge is 0.518 e. The van der Waals surface area contributed by atoms with Crippen molar-refractivity contribution in [3.8, 4) is 17.4 Å². The molecule has 2 aromatic carbocycles. The Bertz CT molecular complexity index is 1170. The van der Waals surface area contributed by atoms with Gasteiger partial charge in [-0.1, -0.05) is 69.8 Å². The van der Waals surface area contributed by atoms with Crippen LogP contribution in [0.1, 0.15) is 50.2 Å². The minimum absolute atomic E-state index is 0.126. The number of benzene rings is 2. The maximum absolute atomic E-state index is 13.3. The minimum atomic E-state index is -4.41. The van der Waals surface area contributed by atoms with Gasteiger partial charge in [-0.3, -0.25) is 0 Å². The SMILES string of the molecule is CC(C)P(=S)(C(C)C)C(c1ccc(C(F)(F)F)cc1)c1nc(-c2ccccc2)oc1O[Si](C)(C)C. The fourth-order valence-electron chi connectivity index (χ4n) is 4.18. The van der Waals surface area contributed by atoms with Gasteiger partial charge in [0.25, 0.3) is 5.95 Å². The van der Waals surface area contributed by atoms with Gasteiger partial charge in [-0.25, -0.2) is 4.98 Å². The van der Waals surface area contributed by atoms with Crippen molar-refractivity contribution < 1.29 is 22.0 Å². The van der Waals surface area contributed by atoms with E-state index in [2.05, 4.69) is 47.3 Å². The van der Waals surface area contributed by atoms with Gasteiger partial charge in [-0.05, 0) is 66.8 Å². The summed E-state index contributed by atoms with van der Waals surface area (Å²) >= 11 is 6.43. The Kier molecular flexibility index (Phi) is 8.09. The van der Waals surface area contributed by atoms with E-state index in [0.29, 0.717) is 23.1 Å². The summed E-state index contributed by atoms with van der Waals surface area (Å²) < 4.78 is 52.5. The highest BCUT2D eigenvalue weighted by Crippen LogP contribution is 2.69. The van der Waals surface area contributed by atoms with Crippen molar-refractivity contribution in [2.45, 2.75) is 70.5 Å². The Morgan fingerprint density at radius 1 is 0.914 bits per heavy atom. The first-order valence-electron chi connectivity index (χ1n) is 11.7. The van der Waals surface area contributed by atoms with Crippen LogP contribution < -0.4 is 4.43 Å². The van der Waals surface area contributed by atoms with Crippen LogP contribution in [0.15, 0.2) is 59.0 Å². The van der Waals surface area contributed by atoms with Crippen molar-refractivity contribution in [1.82, 2.24) is 4.98 Å². The first kappa shape index (κ1) is 27.7. The van der Waals surface area contributed by atoms with E-state index in [1.807, 2.05) is 30.3 Å². The number of alkyl halides is 3. The lowest BCUT2D eigenvalue weighted by atomic mass is 10.1. The van der Waals surface area contributed by atoms with E-state index in [1.165, 1.54) is 12.1 Å². The fourth-order valence-corrected chi connectivity index (χ4v) is 9.11. The van der Waals surface area contributed by atoms with Crippen molar-refractivity contribution in [3.63, 3.8) is 0 Å². The normalized spacial score (nSPS) is 13.9. The number of nitrogens with zero attached hydrogens (tertiary/aromatic N) is 1. The molecule has 0 saturated heterocycles. The molecule has 3 rings (SSSR count). The fraction of sp³-hybridized carbons (Fsp3) is 0.423. The van der Waals surface area contributed by atoms with Crippen molar-refractivity contribution >= 4 is 26.2 Å². The molecule has 1 unspecified atom stereocenters. The Balaban J connectivity index is 2.30. The van der Waals surface area contributed by atoms with Crippen LogP contribution in [0.25, 0.3) is 11.5 Å². The molecule has 0 N–H and O–H groups in total. The average Bonchev–Trinajstić information content (AvgIpc) is 3.15. The zero-order valence-corrected chi connectivity index (χ0v) is 23.9. The van der Waals surface area contributed by atoms with E-state index in [9.17, 15) is 13.2 Å². The molecule has 0 aliphatic rings. The summed E-state index contributed by atoms with van der Waals surface area (Å²) in [6.45, 7) is 14.5. The zero-order valence-electron chi connectivity index (χ0n) is 21.2. The molecule has 1 heterocycles. The first-order valence-corrected chi connectivity index (χ1v) is 18.1. The second-order valence-electron chi connectivity index (χ2n) is 10.2. The second-order valence-corrected chi connectivity index (χ2v) is 20.7. The number of rotatable bonds is 8. The standard InChI is InChI=1S/C26H33F3NO2PSSi/c1-17(2)33(34,18(3)4)23(19-13-15-21(16-14-19)26(27,28)29)22-25(32-35(5,6)7)31-24(30-22)20-11-9-8-10-12-20/h8-18,23H,1-7H3. The van der Waals surface area contributed by atoms with Gasteiger partial charge in [0.2, 0.25) is 14.2 Å². The Morgan fingerprint density at radius 2 is 1.46 bits per heavy atom. The molecule has 190 valence electrons. The van der Waals surface area contributed by atoms with E-state index in [4.69, 9.17) is 25.6 Å². The highest BCUT2D eigenvalue weighted by molar-refractivity contribution is 8.15. The lowest BCUT2D eigenvalue weighted by molar-refractivity contribution is -0.137. The van der Waals surface area contributed by atoms with Crippen LogP contribution in [0, 0.1) is 0 Å². The topological polar surface area (TPSA) is 35.3 Å². The van der Waals surface area contributed by atoms with Crippen LogP contribution in [0.4, 0.5) is 13.2 Å². The number of aromatic nitrogens is 1. The molecule has 1 atom stereocenters. The molecule has 0 amide bonds. The second kappa shape index (κ2) is 10.2. The molecule has 0 spiro atoms. The van der Waals surface area contributed by atoms with Gasteiger partial charge in [0.1, 0.15) is 5.69 Å². The first-order chi connectivity index (χ1) is 16.1. The van der Waals surface area contributed by atoms with Gasteiger partial charge < -0.3 is 8.84 Å². The molecule has 0 bridgehead atoms. The lowest BCUT2D eigenvalue weighted by Gasteiger charge is -2.38. The highest BCUT2D eigenvalue weighted by atomic mass is 32.4. The summed E-state index contributed by atoms with van der Waals surface area (Å²) in [5.74, 6) is 0.739. The highest BCUT2D eigenvalue weighted by Gasteiger charge is 2.42. The van der Waals surface area contributed by atoms with Crippen LogP contribution in [0.5, 0.6) is 5.95 Å². The molecular formula is C26H33F3NO2PSSi. The Labute approximate surface area is 212 Å². The molecule has 35 heavy (non-hydrogen) atoms. The van der Waals surface area contributed by atoms with Gasteiger partial charge >= 0.3 is 6.18 Å². The van der Waals surface area contributed by atoms with Crippen LogP contribution in [-0.2, 0) is 18.0 Å². The monoisotopic (exact) mass is 539 g/mol. The molecule has 0 aliphatic heterocycles. The lowest BCUT2D eigenvalue weighted by Crippen LogP contribution is -2.30. The Hall–Kier alpha value is -1.89. The molecule has 0 aliphatic carbocycles. The van der Waals surface area contributed by atoms with Crippen molar-refractivity contribution in [2.24, 2.45) is 0 Å². The van der Waals surface area contributed by atoms with E-state index < -0.39 is 31.8 Å². The molecule has 0 saturated carbocycles. The van der Waals surface area contributed by atoms with Crippen LogP contribution >= 0.6 is 6.04 Å². The molecule has 9 heteroatoms. The summed E-state index contributed by atoms with van der Waals surface area (Å²) in [6.07, 6.45) is -4.41. The number of halogens is 3. The van der Waals surface area contributed by atoms with Crippen LogP contribution in [0.3, 0.4) is 0 Å². The molecular weight excluding hydrogens is 506 g/mol. The third-order valence-electron chi connectivity index (χ3n) is 5.87. The van der Waals surface area contributed by atoms with Crippen molar-refractivity contribution in [1.29, 1.82) is 0 Å². The molecule has 1 aromatic heterocycles. The summed E-state index contributed by atoms with van der Waals surface area (Å²) in [5, 5.41) is 0. The quantitative estimate of drug-likeness (QED) is 0.211. The molecule has 0 radical (unpaired) electrons. The predicted octanol–water partition coefficient (Wildman–Crippen LogP) is 8.96. The smallest absolute Gasteiger partial charge is 0.416 e. The third-order valence-corrected chi connectivity index (χ3v) is 14.4. The van der Waals surface area contributed by atoms with Gasteiger partial charge in [-0.2, -0.15) is 13.2 Å². The molecule has 3 aromatic rings. The summed E-state index contributed by atoms with van der Waals surface area (Å²) in [7, 11) is -2.12. The van der Waals surface area contributed by atoms with E-state index >= 15 is 0 Å². The summed E-state index contributed by atoms with van der Waals surface area (Å²) in [5.41, 5.74) is 1.24. The summed E-state index contributed by atoms with van der Waals surface area (Å²) in [4.78, 5) is 4.91. The van der Waals surface area contributed by atoms with Crippen LogP contribution in [-0.4, -0.2) is 24.6 Å². The van der Waals surface area contributed by atoms with Crippen molar-refractivity contribution in [3.05, 3.63) is 71.4 Å². The van der Waals surface area contributed by atoms with Gasteiger partial charge in [0.15, 0.2) is 0 Å². The third kappa shape index (κ3) is 6.09. The van der Waals surface area contributed by atoms with E-state index in [0.717, 1.165) is 17.7 Å². The summed E-state index contributed by atoms with van der Waals surface area (Å²) in [6, 6.07) is 12.6. The van der Waals surface area contributed by atoms with Crippen LogP contribution in [0.2, 0.25) is 19.6 Å².